The van der Waals surface area contributed by atoms with Gasteiger partial charge in [-0.1, -0.05) is 13.3 Å². The van der Waals surface area contributed by atoms with Crippen molar-refractivity contribution < 1.29 is 4.74 Å². The van der Waals surface area contributed by atoms with Crippen LogP contribution in [0.15, 0.2) is 12.4 Å². The van der Waals surface area contributed by atoms with E-state index in [1.54, 1.807) is 7.11 Å². The highest BCUT2D eigenvalue weighted by atomic mass is 16.5. The summed E-state index contributed by atoms with van der Waals surface area (Å²) in [7, 11) is 3.68. The van der Waals surface area contributed by atoms with E-state index < -0.39 is 0 Å². The van der Waals surface area contributed by atoms with Crippen LogP contribution in [0.4, 0.5) is 0 Å². The lowest BCUT2D eigenvalue weighted by molar-refractivity contribution is 0.161. The van der Waals surface area contributed by atoms with E-state index in [2.05, 4.69) is 17.3 Å². The molecule has 1 aromatic rings. The van der Waals surface area contributed by atoms with Gasteiger partial charge in [0.1, 0.15) is 0 Å². The lowest BCUT2D eigenvalue weighted by Crippen LogP contribution is -2.32. The molecule has 4 nitrogen and oxygen atoms in total. The Hall–Kier alpha value is -0.870. The topological polar surface area (TPSA) is 39.1 Å². The highest BCUT2D eigenvalue weighted by molar-refractivity contribution is 5.03. The summed E-state index contributed by atoms with van der Waals surface area (Å²) in [5, 5.41) is 7.60. The number of nitrogens with one attached hydrogen (secondary N) is 1. The Bertz CT molecular complexity index is 267. The minimum absolute atomic E-state index is 0.445. The van der Waals surface area contributed by atoms with Crippen LogP contribution < -0.4 is 5.32 Å². The van der Waals surface area contributed by atoms with Crippen LogP contribution in [0.2, 0.25) is 0 Å². The number of aromatic nitrogens is 2. The summed E-state index contributed by atoms with van der Waals surface area (Å²) in [5.41, 5.74) is 1.22. The van der Waals surface area contributed by atoms with Crippen molar-refractivity contribution in [2.45, 2.75) is 32.4 Å². The molecule has 0 saturated heterocycles. The van der Waals surface area contributed by atoms with Crippen molar-refractivity contribution in [2.24, 2.45) is 7.05 Å². The molecule has 0 amide bonds. The zero-order valence-electron chi connectivity index (χ0n) is 9.86. The Morgan fingerprint density at radius 2 is 2.40 bits per heavy atom. The van der Waals surface area contributed by atoms with Crippen molar-refractivity contribution in [3.8, 4) is 0 Å². The summed E-state index contributed by atoms with van der Waals surface area (Å²) in [6, 6.07) is 0.445. The maximum Gasteiger partial charge on any atom is 0.0615 e. The van der Waals surface area contributed by atoms with Crippen molar-refractivity contribution in [1.29, 1.82) is 0 Å². The standard InChI is InChI=1S/C11H21N3O/c1-4-5-11(9-15-3)12-6-10-7-13-14(2)8-10/h7-8,11-12H,4-6,9H2,1-3H3. The van der Waals surface area contributed by atoms with E-state index in [1.165, 1.54) is 12.0 Å². The molecule has 4 heteroatoms. The lowest BCUT2D eigenvalue weighted by atomic mass is 10.2. The summed E-state index contributed by atoms with van der Waals surface area (Å²) in [4.78, 5) is 0. The first-order chi connectivity index (χ1) is 7.26. The van der Waals surface area contributed by atoms with Gasteiger partial charge in [0.25, 0.3) is 0 Å². The highest BCUT2D eigenvalue weighted by Crippen LogP contribution is 2.01. The van der Waals surface area contributed by atoms with Crippen LogP contribution in [-0.4, -0.2) is 29.5 Å². The number of rotatable bonds is 7. The largest absolute Gasteiger partial charge is 0.383 e. The van der Waals surface area contributed by atoms with E-state index in [-0.39, 0.29) is 0 Å². The smallest absolute Gasteiger partial charge is 0.0615 e. The first-order valence-corrected chi connectivity index (χ1v) is 5.46. The lowest BCUT2D eigenvalue weighted by Gasteiger charge is -2.16. The average Bonchev–Trinajstić information content (AvgIpc) is 2.61. The van der Waals surface area contributed by atoms with Gasteiger partial charge in [-0.05, 0) is 6.42 Å². The van der Waals surface area contributed by atoms with Crippen molar-refractivity contribution in [1.82, 2.24) is 15.1 Å². The molecule has 0 spiro atoms. The Morgan fingerprint density at radius 3 is 2.93 bits per heavy atom. The molecule has 1 rings (SSSR count). The Balaban J connectivity index is 2.32. The molecule has 1 atom stereocenters. The Kier molecular flexibility index (Phi) is 5.36. The number of nitrogens with zero attached hydrogens (tertiary/aromatic N) is 2. The summed E-state index contributed by atoms with van der Waals surface area (Å²) >= 11 is 0. The van der Waals surface area contributed by atoms with Gasteiger partial charge in [-0.15, -0.1) is 0 Å². The molecular weight excluding hydrogens is 190 g/mol. The number of aryl methyl sites for hydroxylation is 1. The maximum absolute atomic E-state index is 5.17. The molecular formula is C11H21N3O. The van der Waals surface area contributed by atoms with Gasteiger partial charge >= 0.3 is 0 Å². The van der Waals surface area contributed by atoms with Crippen LogP contribution in [0.25, 0.3) is 0 Å². The Labute approximate surface area is 91.6 Å². The van der Waals surface area contributed by atoms with E-state index in [0.717, 1.165) is 19.6 Å². The van der Waals surface area contributed by atoms with Gasteiger partial charge < -0.3 is 10.1 Å². The van der Waals surface area contributed by atoms with Crippen LogP contribution in [-0.2, 0) is 18.3 Å². The second-order valence-electron chi connectivity index (χ2n) is 3.84. The van der Waals surface area contributed by atoms with Crippen LogP contribution in [0.1, 0.15) is 25.3 Å². The third-order valence-corrected chi connectivity index (χ3v) is 2.36. The molecule has 0 radical (unpaired) electrons. The van der Waals surface area contributed by atoms with Crippen LogP contribution >= 0.6 is 0 Å². The summed E-state index contributed by atoms with van der Waals surface area (Å²) in [6.45, 7) is 3.82. The predicted molar refractivity (Wildman–Crippen MR) is 60.6 cm³/mol. The monoisotopic (exact) mass is 211 g/mol. The first-order valence-electron chi connectivity index (χ1n) is 5.46. The zero-order chi connectivity index (χ0) is 11.1. The van der Waals surface area contributed by atoms with Crippen molar-refractivity contribution in [3.63, 3.8) is 0 Å². The number of hydrogen-bond donors (Lipinski definition) is 1. The van der Waals surface area contributed by atoms with Crippen LogP contribution in [0.3, 0.4) is 0 Å². The SMILES string of the molecule is CCCC(COC)NCc1cnn(C)c1. The van der Waals surface area contributed by atoms with Gasteiger partial charge in [0.15, 0.2) is 0 Å². The van der Waals surface area contributed by atoms with E-state index in [4.69, 9.17) is 4.74 Å². The molecule has 1 heterocycles. The fourth-order valence-corrected chi connectivity index (χ4v) is 1.62. The second-order valence-corrected chi connectivity index (χ2v) is 3.84. The molecule has 0 aliphatic rings. The second kappa shape index (κ2) is 6.58. The van der Waals surface area contributed by atoms with E-state index in [9.17, 15) is 0 Å². The van der Waals surface area contributed by atoms with Gasteiger partial charge in [0.05, 0.1) is 12.8 Å². The molecule has 0 fully saturated rings. The Morgan fingerprint density at radius 1 is 1.60 bits per heavy atom. The number of methoxy groups -OCH3 is 1. The van der Waals surface area contributed by atoms with Gasteiger partial charge in [-0.25, -0.2) is 0 Å². The molecule has 0 aliphatic heterocycles. The molecule has 1 unspecified atom stereocenters. The quantitative estimate of drug-likeness (QED) is 0.739. The van der Waals surface area contributed by atoms with Crippen molar-refractivity contribution in [2.75, 3.05) is 13.7 Å². The van der Waals surface area contributed by atoms with Crippen LogP contribution in [0.5, 0.6) is 0 Å². The third-order valence-electron chi connectivity index (χ3n) is 2.36. The molecule has 0 aromatic carbocycles. The summed E-state index contributed by atoms with van der Waals surface area (Å²) in [5.74, 6) is 0. The normalized spacial score (nSPS) is 13.0. The summed E-state index contributed by atoms with van der Waals surface area (Å²) < 4.78 is 6.99. The van der Waals surface area contributed by atoms with Crippen molar-refractivity contribution >= 4 is 0 Å². The van der Waals surface area contributed by atoms with E-state index in [0.29, 0.717) is 6.04 Å². The molecule has 15 heavy (non-hydrogen) atoms. The molecule has 0 saturated carbocycles. The van der Waals surface area contributed by atoms with Gasteiger partial charge in [0.2, 0.25) is 0 Å². The van der Waals surface area contributed by atoms with E-state index in [1.807, 2.05) is 24.1 Å². The highest BCUT2D eigenvalue weighted by Gasteiger charge is 2.06. The molecule has 1 N–H and O–H groups in total. The minimum atomic E-state index is 0.445. The van der Waals surface area contributed by atoms with Crippen LogP contribution in [0, 0.1) is 0 Å². The predicted octanol–water partition coefficient (Wildman–Crippen LogP) is 1.32. The fraction of sp³-hybridized carbons (Fsp3) is 0.727. The molecule has 0 aliphatic carbocycles. The molecule has 0 bridgehead atoms. The minimum Gasteiger partial charge on any atom is -0.383 e. The van der Waals surface area contributed by atoms with Gasteiger partial charge in [0, 0.05) is 38.5 Å². The van der Waals surface area contributed by atoms with E-state index >= 15 is 0 Å². The third kappa shape index (κ3) is 4.44. The fourth-order valence-electron chi connectivity index (χ4n) is 1.62. The maximum atomic E-state index is 5.17. The number of hydrogen-bond acceptors (Lipinski definition) is 3. The first kappa shape index (κ1) is 12.2. The van der Waals surface area contributed by atoms with Gasteiger partial charge in [-0.2, -0.15) is 5.10 Å². The van der Waals surface area contributed by atoms with Crippen molar-refractivity contribution in [3.05, 3.63) is 18.0 Å². The van der Waals surface area contributed by atoms with Gasteiger partial charge in [-0.3, -0.25) is 4.68 Å². The zero-order valence-corrected chi connectivity index (χ0v) is 9.86. The average molecular weight is 211 g/mol. The number of ether oxygens (including phenoxy) is 1. The molecule has 1 aromatic heterocycles. The molecule has 86 valence electrons. The summed E-state index contributed by atoms with van der Waals surface area (Å²) in [6.07, 6.45) is 6.24.